The second-order valence-electron chi connectivity index (χ2n) is 7.17. The Bertz CT molecular complexity index is 847. The second-order valence-corrected chi connectivity index (χ2v) is 7.17. The Morgan fingerprint density at radius 1 is 0.966 bits per heavy atom. The van der Waals surface area contributed by atoms with Gasteiger partial charge in [-0.25, -0.2) is 0 Å². The number of benzene rings is 2. The molecule has 154 valence electrons. The number of carbonyl (C=O) groups excluding carboxylic acids is 3. The molecular formula is C23H28N2O4. The zero-order valence-electron chi connectivity index (χ0n) is 17.2. The molecule has 0 saturated carbocycles. The third-order valence-electron chi connectivity index (χ3n) is 4.41. The van der Waals surface area contributed by atoms with Crippen molar-refractivity contribution in [3.8, 4) is 0 Å². The van der Waals surface area contributed by atoms with E-state index < -0.39 is 5.97 Å². The van der Waals surface area contributed by atoms with Crippen LogP contribution in [-0.2, 0) is 25.5 Å². The SMILES string of the molecule is Cc1cccc(C(C)C)c1NC(=O)COC(=O)CCNC(=O)Cc1ccccc1. The normalized spacial score (nSPS) is 10.5. The van der Waals surface area contributed by atoms with Gasteiger partial charge in [0.05, 0.1) is 12.8 Å². The van der Waals surface area contributed by atoms with Gasteiger partial charge in [-0.05, 0) is 29.5 Å². The van der Waals surface area contributed by atoms with Gasteiger partial charge in [-0.15, -0.1) is 0 Å². The average Bonchev–Trinajstić information content (AvgIpc) is 2.68. The summed E-state index contributed by atoms with van der Waals surface area (Å²) in [4.78, 5) is 35.9. The van der Waals surface area contributed by atoms with E-state index in [0.717, 1.165) is 22.4 Å². The summed E-state index contributed by atoms with van der Waals surface area (Å²) in [6.07, 6.45) is 0.266. The van der Waals surface area contributed by atoms with Crippen LogP contribution < -0.4 is 10.6 Å². The largest absolute Gasteiger partial charge is 0.456 e. The number of hydrogen-bond donors (Lipinski definition) is 2. The van der Waals surface area contributed by atoms with E-state index in [1.54, 1.807) is 0 Å². The summed E-state index contributed by atoms with van der Waals surface area (Å²) in [7, 11) is 0. The minimum absolute atomic E-state index is 0.00934. The Labute approximate surface area is 171 Å². The standard InChI is InChI=1S/C23H28N2O4/c1-16(2)19-11-7-8-17(3)23(19)25-21(27)15-29-22(28)12-13-24-20(26)14-18-9-5-4-6-10-18/h4-11,16H,12-15H2,1-3H3,(H,24,26)(H,25,27). The Hall–Kier alpha value is -3.15. The van der Waals surface area contributed by atoms with Crippen molar-refractivity contribution in [2.45, 2.75) is 39.5 Å². The van der Waals surface area contributed by atoms with Gasteiger partial charge in [-0.1, -0.05) is 62.4 Å². The first-order chi connectivity index (χ1) is 13.9. The highest BCUT2D eigenvalue weighted by molar-refractivity contribution is 5.94. The third kappa shape index (κ3) is 7.41. The predicted octanol–water partition coefficient (Wildman–Crippen LogP) is 3.35. The second kappa shape index (κ2) is 11.0. The molecule has 0 saturated heterocycles. The summed E-state index contributed by atoms with van der Waals surface area (Å²) in [5, 5.41) is 5.51. The van der Waals surface area contributed by atoms with Gasteiger partial charge in [-0.3, -0.25) is 14.4 Å². The van der Waals surface area contributed by atoms with Crippen molar-refractivity contribution in [1.82, 2.24) is 5.32 Å². The number of hydrogen-bond acceptors (Lipinski definition) is 4. The van der Waals surface area contributed by atoms with Gasteiger partial charge in [0, 0.05) is 12.2 Å². The van der Waals surface area contributed by atoms with E-state index in [-0.39, 0.29) is 43.7 Å². The Balaban J connectivity index is 1.71. The number of aryl methyl sites for hydroxylation is 1. The van der Waals surface area contributed by atoms with Crippen molar-refractivity contribution in [3.05, 3.63) is 65.2 Å². The first-order valence-corrected chi connectivity index (χ1v) is 9.72. The average molecular weight is 396 g/mol. The molecule has 29 heavy (non-hydrogen) atoms. The molecule has 0 fully saturated rings. The highest BCUT2D eigenvalue weighted by atomic mass is 16.5. The van der Waals surface area contributed by atoms with Crippen molar-refractivity contribution in [2.24, 2.45) is 0 Å². The zero-order valence-corrected chi connectivity index (χ0v) is 17.2. The van der Waals surface area contributed by atoms with E-state index in [1.165, 1.54) is 0 Å². The van der Waals surface area contributed by atoms with E-state index in [4.69, 9.17) is 4.74 Å². The highest BCUT2D eigenvalue weighted by Crippen LogP contribution is 2.27. The molecule has 0 aliphatic heterocycles. The van der Waals surface area contributed by atoms with Crippen LogP contribution in [0.4, 0.5) is 5.69 Å². The Kier molecular flexibility index (Phi) is 8.40. The lowest BCUT2D eigenvalue weighted by molar-refractivity contribution is -0.147. The lowest BCUT2D eigenvalue weighted by Crippen LogP contribution is -2.29. The number of anilines is 1. The number of nitrogens with one attached hydrogen (secondary N) is 2. The fourth-order valence-corrected chi connectivity index (χ4v) is 2.88. The van der Waals surface area contributed by atoms with E-state index in [0.29, 0.717) is 0 Å². The van der Waals surface area contributed by atoms with Crippen molar-refractivity contribution in [3.63, 3.8) is 0 Å². The third-order valence-corrected chi connectivity index (χ3v) is 4.41. The molecule has 0 heterocycles. The predicted molar refractivity (Wildman–Crippen MR) is 113 cm³/mol. The smallest absolute Gasteiger partial charge is 0.308 e. The van der Waals surface area contributed by atoms with E-state index in [2.05, 4.69) is 24.5 Å². The van der Waals surface area contributed by atoms with Gasteiger partial charge in [-0.2, -0.15) is 0 Å². The van der Waals surface area contributed by atoms with Gasteiger partial charge in [0.25, 0.3) is 5.91 Å². The summed E-state index contributed by atoms with van der Waals surface area (Å²) in [6, 6.07) is 15.2. The molecule has 6 heteroatoms. The zero-order chi connectivity index (χ0) is 21.2. The molecule has 0 aliphatic carbocycles. The topological polar surface area (TPSA) is 84.5 Å². The first-order valence-electron chi connectivity index (χ1n) is 9.72. The minimum Gasteiger partial charge on any atom is -0.456 e. The molecule has 0 radical (unpaired) electrons. The van der Waals surface area contributed by atoms with Gasteiger partial charge in [0.15, 0.2) is 6.61 Å². The molecule has 0 unspecified atom stereocenters. The quantitative estimate of drug-likeness (QED) is 0.637. The van der Waals surface area contributed by atoms with Crippen LogP contribution >= 0.6 is 0 Å². The van der Waals surface area contributed by atoms with Crippen LogP contribution in [0.1, 0.15) is 42.9 Å². The van der Waals surface area contributed by atoms with Gasteiger partial charge >= 0.3 is 5.97 Å². The first kappa shape index (κ1) is 22.1. The maximum Gasteiger partial charge on any atom is 0.308 e. The molecule has 6 nitrogen and oxygen atoms in total. The number of rotatable bonds is 9. The van der Waals surface area contributed by atoms with Crippen LogP contribution in [0, 0.1) is 6.92 Å². The van der Waals surface area contributed by atoms with E-state index in [9.17, 15) is 14.4 Å². The van der Waals surface area contributed by atoms with E-state index >= 15 is 0 Å². The van der Waals surface area contributed by atoms with Gasteiger partial charge in [0.1, 0.15) is 0 Å². The molecule has 0 aromatic heterocycles. The summed E-state index contributed by atoms with van der Waals surface area (Å²) in [6.45, 7) is 5.84. The van der Waals surface area contributed by atoms with Crippen LogP contribution in [0.2, 0.25) is 0 Å². The molecule has 2 aromatic carbocycles. The molecular weight excluding hydrogens is 368 g/mol. The van der Waals surface area contributed by atoms with Crippen LogP contribution in [0.5, 0.6) is 0 Å². The lowest BCUT2D eigenvalue weighted by Gasteiger charge is -2.16. The molecule has 2 aromatic rings. The van der Waals surface area contributed by atoms with Crippen LogP contribution in [0.25, 0.3) is 0 Å². The van der Waals surface area contributed by atoms with E-state index in [1.807, 2.05) is 55.5 Å². The molecule has 0 atom stereocenters. The maximum atomic E-state index is 12.2. The van der Waals surface area contributed by atoms with Gasteiger partial charge < -0.3 is 15.4 Å². The fraction of sp³-hybridized carbons (Fsp3) is 0.348. The summed E-state index contributed by atoms with van der Waals surface area (Å²) >= 11 is 0. The number of para-hydroxylation sites is 1. The molecule has 0 aliphatic rings. The highest BCUT2D eigenvalue weighted by Gasteiger charge is 2.14. The number of ether oxygens (including phenoxy) is 1. The van der Waals surface area contributed by atoms with Crippen LogP contribution in [-0.4, -0.2) is 30.9 Å². The monoisotopic (exact) mass is 396 g/mol. The number of esters is 1. The fourth-order valence-electron chi connectivity index (χ4n) is 2.88. The van der Waals surface area contributed by atoms with Crippen molar-refractivity contribution in [1.29, 1.82) is 0 Å². The molecule has 0 bridgehead atoms. The molecule has 2 amide bonds. The summed E-state index contributed by atoms with van der Waals surface area (Å²) in [5.41, 5.74) is 3.65. The minimum atomic E-state index is -0.533. The molecule has 0 spiro atoms. The summed E-state index contributed by atoms with van der Waals surface area (Å²) in [5.74, 6) is -0.827. The van der Waals surface area contributed by atoms with Crippen LogP contribution in [0.3, 0.4) is 0 Å². The number of amides is 2. The Morgan fingerprint density at radius 3 is 2.38 bits per heavy atom. The molecule has 2 N–H and O–H groups in total. The number of carbonyl (C=O) groups is 3. The maximum absolute atomic E-state index is 12.2. The van der Waals surface area contributed by atoms with Crippen LogP contribution in [0.15, 0.2) is 48.5 Å². The molecule has 2 rings (SSSR count). The van der Waals surface area contributed by atoms with Gasteiger partial charge in [0.2, 0.25) is 5.91 Å². The van der Waals surface area contributed by atoms with Crippen molar-refractivity contribution in [2.75, 3.05) is 18.5 Å². The van der Waals surface area contributed by atoms with Crippen molar-refractivity contribution < 1.29 is 19.1 Å². The van der Waals surface area contributed by atoms with Crippen molar-refractivity contribution >= 4 is 23.5 Å². The lowest BCUT2D eigenvalue weighted by atomic mass is 9.98. The summed E-state index contributed by atoms with van der Waals surface area (Å²) < 4.78 is 5.01. The Morgan fingerprint density at radius 2 is 1.69 bits per heavy atom.